The van der Waals surface area contributed by atoms with Crippen molar-refractivity contribution >= 4 is 17.4 Å². The fourth-order valence-electron chi connectivity index (χ4n) is 3.34. The number of urea groups is 1. The van der Waals surface area contributed by atoms with Crippen LogP contribution in [0.15, 0.2) is 65.5 Å². The normalized spacial score (nSPS) is 14.6. The lowest BCUT2D eigenvalue weighted by Crippen LogP contribution is -2.50. The zero-order valence-corrected chi connectivity index (χ0v) is 15.9. The molecule has 0 aliphatic carbocycles. The summed E-state index contributed by atoms with van der Waals surface area (Å²) in [5.74, 6) is 0.692. The number of rotatable bonds is 3. The summed E-state index contributed by atoms with van der Waals surface area (Å²) in [5.41, 5.74) is 1.28. The van der Waals surface area contributed by atoms with E-state index in [1.54, 1.807) is 11.1 Å². The number of benzene rings is 2. The van der Waals surface area contributed by atoms with Gasteiger partial charge in [-0.15, -0.1) is 0 Å². The van der Waals surface area contributed by atoms with Gasteiger partial charge in [-0.05, 0) is 42.5 Å². The largest absolute Gasteiger partial charge is 0.444 e. The summed E-state index contributed by atoms with van der Waals surface area (Å²) in [5, 5.41) is 2.55. The van der Waals surface area contributed by atoms with Crippen LogP contribution in [0.3, 0.4) is 0 Å². The van der Waals surface area contributed by atoms with Crippen LogP contribution in [-0.2, 0) is 6.18 Å². The topological polar surface area (TPSA) is 61.6 Å². The number of carbonyl (C=O) groups excluding carboxylic acids is 1. The molecule has 6 nitrogen and oxygen atoms in total. The number of hydrogen-bond acceptors (Lipinski definition) is 4. The molecule has 3 aromatic rings. The standard InChI is InChI=1S/C21H19F3N4O2/c22-21(23,24)16-2-1-3-17(12-16)26-20(29)28-10-8-27(9-11-28)18-6-4-15(5-7-18)19-13-25-14-30-19/h1-7,12-14H,8-11H2,(H,26,29). The highest BCUT2D eigenvalue weighted by molar-refractivity contribution is 5.89. The van der Waals surface area contributed by atoms with Crippen LogP contribution in [0, 0.1) is 0 Å². The van der Waals surface area contributed by atoms with Gasteiger partial charge in [0.25, 0.3) is 0 Å². The molecule has 1 aliphatic heterocycles. The molecule has 0 saturated carbocycles. The number of oxazole rings is 1. The first-order chi connectivity index (χ1) is 14.4. The lowest BCUT2D eigenvalue weighted by atomic mass is 10.1. The average Bonchev–Trinajstić information content (AvgIpc) is 3.28. The monoisotopic (exact) mass is 416 g/mol. The van der Waals surface area contributed by atoms with Gasteiger partial charge < -0.3 is 19.5 Å². The summed E-state index contributed by atoms with van der Waals surface area (Å²) >= 11 is 0. The van der Waals surface area contributed by atoms with Crippen LogP contribution in [0.1, 0.15) is 5.56 Å². The van der Waals surface area contributed by atoms with Crippen molar-refractivity contribution in [1.29, 1.82) is 0 Å². The molecule has 2 heterocycles. The third kappa shape index (κ3) is 4.40. The molecule has 1 saturated heterocycles. The molecule has 1 fully saturated rings. The lowest BCUT2D eigenvalue weighted by Gasteiger charge is -2.36. The zero-order valence-electron chi connectivity index (χ0n) is 15.9. The van der Waals surface area contributed by atoms with Crippen molar-refractivity contribution in [2.75, 3.05) is 36.4 Å². The first-order valence-corrected chi connectivity index (χ1v) is 9.37. The molecule has 2 aromatic carbocycles. The molecular formula is C21H19F3N4O2. The first-order valence-electron chi connectivity index (χ1n) is 9.37. The SMILES string of the molecule is O=C(Nc1cccc(C(F)(F)F)c1)N1CCN(c2ccc(-c3cnco3)cc2)CC1. The Bertz CT molecular complexity index is 996. The van der Waals surface area contributed by atoms with Crippen molar-refractivity contribution in [3.05, 3.63) is 66.7 Å². The van der Waals surface area contributed by atoms with Crippen LogP contribution in [0.5, 0.6) is 0 Å². The van der Waals surface area contributed by atoms with Gasteiger partial charge in [0.1, 0.15) is 0 Å². The molecule has 0 atom stereocenters. The van der Waals surface area contributed by atoms with E-state index < -0.39 is 17.8 Å². The van der Waals surface area contributed by atoms with Crippen LogP contribution in [-0.4, -0.2) is 42.1 Å². The van der Waals surface area contributed by atoms with E-state index in [0.717, 1.165) is 23.4 Å². The summed E-state index contributed by atoms with van der Waals surface area (Å²) in [6.45, 7) is 2.18. The second-order valence-corrected chi connectivity index (χ2v) is 6.90. The molecule has 156 valence electrons. The highest BCUT2D eigenvalue weighted by atomic mass is 19.4. The van der Waals surface area contributed by atoms with Gasteiger partial charge in [0.15, 0.2) is 12.2 Å². The predicted molar refractivity (Wildman–Crippen MR) is 106 cm³/mol. The van der Waals surface area contributed by atoms with Gasteiger partial charge in [-0.1, -0.05) is 6.07 Å². The number of nitrogens with one attached hydrogen (secondary N) is 1. The fraction of sp³-hybridized carbons (Fsp3) is 0.238. The second-order valence-electron chi connectivity index (χ2n) is 6.90. The Hall–Kier alpha value is -3.49. The fourth-order valence-corrected chi connectivity index (χ4v) is 3.34. The highest BCUT2D eigenvalue weighted by Gasteiger charge is 2.30. The number of hydrogen-bond donors (Lipinski definition) is 1. The number of alkyl halides is 3. The average molecular weight is 416 g/mol. The Morgan fingerprint density at radius 1 is 1.03 bits per heavy atom. The Morgan fingerprint density at radius 2 is 1.77 bits per heavy atom. The number of carbonyl (C=O) groups is 1. The third-order valence-electron chi connectivity index (χ3n) is 4.96. The number of anilines is 2. The first kappa shape index (κ1) is 19.8. The number of halogens is 3. The van der Waals surface area contributed by atoms with Gasteiger partial charge in [-0.3, -0.25) is 0 Å². The van der Waals surface area contributed by atoms with Crippen LogP contribution in [0.25, 0.3) is 11.3 Å². The van der Waals surface area contributed by atoms with Crippen molar-refractivity contribution in [3.63, 3.8) is 0 Å². The Balaban J connectivity index is 1.33. The van der Waals surface area contributed by atoms with Crippen LogP contribution in [0.2, 0.25) is 0 Å². The van der Waals surface area contributed by atoms with Crippen molar-refractivity contribution in [3.8, 4) is 11.3 Å². The minimum atomic E-state index is -4.45. The molecule has 4 rings (SSSR count). The molecule has 1 aliphatic rings. The van der Waals surface area contributed by atoms with Crippen molar-refractivity contribution < 1.29 is 22.4 Å². The molecule has 0 bridgehead atoms. The van der Waals surface area contributed by atoms with Crippen LogP contribution < -0.4 is 10.2 Å². The van der Waals surface area contributed by atoms with E-state index in [9.17, 15) is 18.0 Å². The summed E-state index contributed by atoms with van der Waals surface area (Å²) in [4.78, 5) is 20.1. The molecule has 1 N–H and O–H groups in total. The van der Waals surface area contributed by atoms with Gasteiger partial charge in [0.2, 0.25) is 0 Å². The van der Waals surface area contributed by atoms with E-state index in [1.165, 1.54) is 18.5 Å². The quantitative estimate of drug-likeness (QED) is 0.672. The zero-order chi connectivity index (χ0) is 21.1. The number of nitrogens with zero attached hydrogens (tertiary/aromatic N) is 3. The molecule has 30 heavy (non-hydrogen) atoms. The van der Waals surface area contributed by atoms with Crippen molar-refractivity contribution in [2.45, 2.75) is 6.18 Å². The Kier molecular flexibility index (Phi) is 5.35. The van der Waals surface area contributed by atoms with Gasteiger partial charge in [-0.25, -0.2) is 9.78 Å². The molecule has 9 heteroatoms. The highest BCUT2D eigenvalue weighted by Crippen LogP contribution is 2.30. The van der Waals surface area contributed by atoms with Crippen molar-refractivity contribution in [1.82, 2.24) is 9.88 Å². The van der Waals surface area contributed by atoms with Crippen LogP contribution >= 0.6 is 0 Å². The van der Waals surface area contributed by atoms with Gasteiger partial charge in [0.05, 0.1) is 11.8 Å². The van der Waals surface area contributed by atoms with E-state index >= 15 is 0 Å². The summed E-state index contributed by atoms with van der Waals surface area (Å²) < 4.78 is 43.8. The smallest absolute Gasteiger partial charge is 0.416 e. The number of piperazine rings is 1. The maximum absolute atomic E-state index is 12.8. The van der Waals surface area contributed by atoms with Crippen LogP contribution in [0.4, 0.5) is 29.3 Å². The lowest BCUT2D eigenvalue weighted by molar-refractivity contribution is -0.137. The summed E-state index contributed by atoms with van der Waals surface area (Å²) in [6.07, 6.45) is -1.42. The third-order valence-corrected chi connectivity index (χ3v) is 4.96. The number of amides is 2. The molecule has 2 amide bonds. The minimum absolute atomic E-state index is 0.125. The molecule has 1 aromatic heterocycles. The summed E-state index contributed by atoms with van der Waals surface area (Å²) in [7, 11) is 0. The van der Waals surface area contributed by atoms with Gasteiger partial charge in [0, 0.05) is 43.1 Å². The molecular weight excluding hydrogens is 397 g/mol. The van der Waals surface area contributed by atoms with E-state index in [-0.39, 0.29) is 5.69 Å². The van der Waals surface area contributed by atoms with E-state index in [4.69, 9.17) is 4.42 Å². The van der Waals surface area contributed by atoms with E-state index in [2.05, 4.69) is 15.2 Å². The molecule has 0 spiro atoms. The van der Waals surface area contributed by atoms with Crippen molar-refractivity contribution in [2.24, 2.45) is 0 Å². The predicted octanol–water partition coefficient (Wildman–Crippen LogP) is 4.71. The summed E-state index contributed by atoms with van der Waals surface area (Å²) in [6, 6.07) is 12.1. The maximum Gasteiger partial charge on any atom is 0.416 e. The van der Waals surface area contributed by atoms with E-state index in [0.29, 0.717) is 31.9 Å². The van der Waals surface area contributed by atoms with Gasteiger partial charge in [-0.2, -0.15) is 13.2 Å². The Labute approximate surface area is 170 Å². The maximum atomic E-state index is 12.8. The van der Waals surface area contributed by atoms with E-state index in [1.807, 2.05) is 24.3 Å². The molecule has 0 radical (unpaired) electrons. The van der Waals surface area contributed by atoms with Gasteiger partial charge >= 0.3 is 12.2 Å². The molecule has 0 unspecified atom stereocenters. The minimum Gasteiger partial charge on any atom is -0.444 e. The number of aromatic nitrogens is 1. The Morgan fingerprint density at radius 3 is 2.40 bits per heavy atom. The second kappa shape index (κ2) is 8.10.